The van der Waals surface area contributed by atoms with Crippen molar-refractivity contribution < 1.29 is 4.79 Å². The van der Waals surface area contributed by atoms with Crippen molar-refractivity contribution in [3.8, 4) is 0 Å². The highest BCUT2D eigenvalue weighted by Gasteiger charge is 2.11. The van der Waals surface area contributed by atoms with Crippen LogP contribution in [-0.2, 0) is 0 Å². The first-order valence-corrected chi connectivity index (χ1v) is 7.74. The molecule has 17 heavy (non-hydrogen) atoms. The number of rotatable bonds is 6. The van der Waals surface area contributed by atoms with Gasteiger partial charge in [0.05, 0.1) is 10.6 Å². The number of carbonyl (C=O) groups excluding carboxylic acids is 1. The predicted molar refractivity (Wildman–Crippen MR) is 79.1 cm³/mol. The Labute approximate surface area is 123 Å². The molecule has 0 aliphatic heterocycles. The zero-order valence-corrected chi connectivity index (χ0v) is 13.2. The Morgan fingerprint density at radius 3 is 2.76 bits per heavy atom. The van der Waals surface area contributed by atoms with Crippen molar-refractivity contribution in [1.29, 1.82) is 0 Å². The van der Waals surface area contributed by atoms with Gasteiger partial charge in [-0.15, -0.1) is 0 Å². The molecular weight excluding hydrogens is 369 g/mol. The lowest BCUT2D eigenvalue weighted by Crippen LogP contribution is -2.24. The predicted octanol–water partition coefficient (Wildman–Crippen LogP) is 4.40. The lowest BCUT2D eigenvalue weighted by Gasteiger charge is -2.07. The Balaban J connectivity index is 2.44. The van der Waals surface area contributed by atoms with Gasteiger partial charge in [0.15, 0.2) is 0 Å². The molecule has 94 valence electrons. The first-order chi connectivity index (χ1) is 8.16. The van der Waals surface area contributed by atoms with E-state index < -0.39 is 0 Å². The van der Waals surface area contributed by atoms with Gasteiger partial charge in [0, 0.05) is 16.3 Å². The number of carbonyl (C=O) groups is 1. The Bertz CT molecular complexity index is 385. The first kappa shape index (κ1) is 15.0. The number of benzene rings is 1. The van der Waals surface area contributed by atoms with Crippen molar-refractivity contribution in [3.63, 3.8) is 0 Å². The van der Waals surface area contributed by atoms with E-state index in [9.17, 15) is 4.79 Å². The van der Waals surface area contributed by atoms with Gasteiger partial charge >= 0.3 is 0 Å². The molecule has 1 aromatic rings. The smallest absolute Gasteiger partial charge is 0.252 e. The SMILES string of the molecule is O=C(NCCCCCBr)c1cccc(Br)c1Cl. The Morgan fingerprint density at radius 2 is 2.06 bits per heavy atom. The fourth-order valence-corrected chi connectivity index (χ4v) is 2.35. The van der Waals surface area contributed by atoms with E-state index in [4.69, 9.17) is 11.6 Å². The standard InChI is InChI=1S/C12H14Br2ClNO/c13-7-2-1-3-8-16-12(17)9-5-4-6-10(14)11(9)15/h4-6H,1-3,7-8H2,(H,16,17). The molecule has 0 aliphatic rings. The van der Waals surface area contributed by atoms with Gasteiger partial charge in [-0.1, -0.05) is 40.0 Å². The van der Waals surface area contributed by atoms with Crippen molar-refractivity contribution in [2.45, 2.75) is 19.3 Å². The Kier molecular flexibility index (Phi) is 7.16. The second kappa shape index (κ2) is 8.11. The minimum absolute atomic E-state index is 0.116. The van der Waals surface area contributed by atoms with Gasteiger partial charge in [0.2, 0.25) is 0 Å². The van der Waals surface area contributed by atoms with Crippen LogP contribution in [-0.4, -0.2) is 17.8 Å². The monoisotopic (exact) mass is 381 g/mol. The number of halogens is 3. The molecule has 0 spiro atoms. The summed E-state index contributed by atoms with van der Waals surface area (Å²) in [6, 6.07) is 5.34. The third-order valence-corrected chi connectivity index (χ3v) is 4.15. The fraction of sp³-hybridized carbons (Fsp3) is 0.417. The van der Waals surface area contributed by atoms with Crippen LogP contribution in [0.2, 0.25) is 5.02 Å². The molecule has 1 amide bonds. The summed E-state index contributed by atoms with van der Waals surface area (Å²) in [6.07, 6.45) is 3.23. The number of nitrogens with one attached hydrogen (secondary N) is 1. The third kappa shape index (κ3) is 4.98. The van der Waals surface area contributed by atoms with E-state index in [0.717, 1.165) is 29.1 Å². The zero-order valence-electron chi connectivity index (χ0n) is 9.31. The number of hydrogen-bond acceptors (Lipinski definition) is 1. The van der Waals surface area contributed by atoms with Crippen LogP contribution in [0.3, 0.4) is 0 Å². The molecule has 0 unspecified atom stereocenters. The molecule has 2 nitrogen and oxygen atoms in total. The van der Waals surface area contributed by atoms with Crippen LogP contribution in [0.5, 0.6) is 0 Å². The maximum atomic E-state index is 11.8. The maximum absolute atomic E-state index is 11.8. The van der Waals surface area contributed by atoms with Crippen LogP contribution < -0.4 is 5.32 Å². The molecule has 0 saturated carbocycles. The lowest BCUT2D eigenvalue weighted by molar-refractivity contribution is 0.0953. The van der Waals surface area contributed by atoms with Crippen LogP contribution >= 0.6 is 43.5 Å². The van der Waals surface area contributed by atoms with Crippen molar-refractivity contribution in [2.24, 2.45) is 0 Å². The van der Waals surface area contributed by atoms with Gasteiger partial charge in [0.1, 0.15) is 0 Å². The summed E-state index contributed by atoms with van der Waals surface area (Å²) < 4.78 is 0.742. The largest absolute Gasteiger partial charge is 0.352 e. The molecule has 0 aliphatic carbocycles. The number of unbranched alkanes of at least 4 members (excludes halogenated alkanes) is 2. The quantitative estimate of drug-likeness (QED) is 0.573. The van der Waals surface area contributed by atoms with Crippen molar-refractivity contribution in [1.82, 2.24) is 5.32 Å². The highest BCUT2D eigenvalue weighted by molar-refractivity contribution is 9.10. The summed E-state index contributed by atoms with van der Waals surface area (Å²) >= 11 is 12.7. The van der Waals surface area contributed by atoms with Crippen molar-refractivity contribution in [3.05, 3.63) is 33.3 Å². The van der Waals surface area contributed by atoms with Gasteiger partial charge in [-0.05, 0) is 40.9 Å². The van der Waals surface area contributed by atoms with Crippen LogP contribution in [0.4, 0.5) is 0 Å². The van der Waals surface area contributed by atoms with Crippen molar-refractivity contribution in [2.75, 3.05) is 11.9 Å². The summed E-state index contributed by atoms with van der Waals surface area (Å²) in [5, 5.41) is 4.34. The summed E-state index contributed by atoms with van der Waals surface area (Å²) in [6.45, 7) is 0.689. The summed E-state index contributed by atoms with van der Waals surface area (Å²) in [4.78, 5) is 11.8. The Hall–Kier alpha value is -0.0600. The highest BCUT2D eigenvalue weighted by Crippen LogP contribution is 2.25. The van der Waals surface area contributed by atoms with Gasteiger partial charge in [-0.25, -0.2) is 0 Å². The summed E-state index contributed by atoms with van der Waals surface area (Å²) in [5.41, 5.74) is 0.515. The first-order valence-electron chi connectivity index (χ1n) is 5.45. The van der Waals surface area contributed by atoms with E-state index in [1.165, 1.54) is 0 Å². The normalized spacial score (nSPS) is 10.3. The molecule has 0 atom stereocenters. The molecule has 1 rings (SSSR count). The summed E-state index contributed by atoms with van der Waals surface area (Å²) in [7, 11) is 0. The maximum Gasteiger partial charge on any atom is 0.252 e. The average molecular weight is 384 g/mol. The van der Waals surface area contributed by atoms with Crippen LogP contribution in [0.25, 0.3) is 0 Å². The Morgan fingerprint density at radius 1 is 1.29 bits per heavy atom. The minimum atomic E-state index is -0.116. The van der Waals surface area contributed by atoms with E-state index in [1.54, 1.807) is 12.1 Å². The average Bonchev–Trinajstić information content (AvgIpc) is 2.32. The number of amides is 1. The van der Waals surface area contributed by atoms with Gasteiger partial charge in [0.25, 0.3) is 5.91 Å². The van der Waals surface area contributed by atoms with Gasteiger partial charge < -0.3 is 5.32 Å². The molecule has 0 heterocycles. The molecule has 1 aromatic carbocycles. The molecule has 0 bridgehead atoms. The van der Waals surface area contributed by atoms with Crippen LogP contribution in [0.15, 0.2) is 22.7 Å². The third-order valence-electron chi connectivity index (χ3n) is 2.29. The molecule has 0 fully saturated rings. The zero-order chi connectivity index (χ0) is 12.7. The van der Waals surface area contributed by atoms with Crippen LogP contribution in [0, 0.1) is 0 Å². The number of alkyl halides is 1. The molecule has 0 radical (unpaired) electrons. The second-order valence-electron chi connectivity index (χ2n) is 3.61. The van der Waals surface area contributed by atoms with Gasteiger partial charge in [-0.3, -0.25) is 4.79 Å². The van der Waals surface area contributed by atoms with E-state index >= 15 is 0 Å². The molecule has 0 aromatic heterocycles. The van der Waals surface area contributed by atoms with E-state index in [0.29, 0.717) is 17.1 Å². The van der Waals surface area contributed by atoms with E-state index in [1.807, 2.05) is 6.07 Å². The highest BCUT2D eigenvalue weighted by atomic mass is 79.9. The fourth-order valence-electron chi connectivity index (χ4n) is 1.37. The van der Waals surface area contributed by atoms with Gasteiger partial charge in [-0.2, -0.15) is 0 Å². The van der Waals surface area contributed by atoms with E-state index in [2.05, 4.69) is 37.2 Å². The van der Waals surface area contributed by atoms with Crippen LogP contribution in [0.1, 0.15) is 29.6 Å². The van der Waals surface area contributed by atoms with E-state index in [-0.39, 0.29) is 5.91 Å². The molecule has 5 heteroatoms. The minimum Gasteiger partial charge on any atom is -0.352 e. The molecule has 0 saturated heterocycles. The molecular formula is C12H14Br2ClNO. The lowest BCUT2D eigenvalue weighted by atomic mass is 10.2. The second-order valence-corrected chi connectivity index (χ2v) is 5.63. The number of hydrogen-bond donors (Lipinski definition) is 1. The topological polar surface area (TPSA) is 29.1 Å². The van der Waals surface area contributed by atoms with Crippen molar-refractivity contribution >= 4 is 49.4 Å². The molecule has 1 N–H and O–H groups in total. The summed E-state index contributed by atoms with van der Waals surface area (Å²) in [5.74, 6) is -0.116.